The minimum absolute atomic E-state index is 0.487. The van der Waals surface area contributed by atoms with Crippen LogP contribution >= 0.6 is 0 Å². The van der Waals surface area contributed by atoms with Crippen molar-refractivity contribution in [2.75, 3.05) is 29.9 Å². The molecule has 1 aliphatic heterocycles. The second-order valence-electron chi connectivity index (χ2n) is 6.10. The van der Waals surface area contributed by atoms with Crippen molar-refractivity contribution >= 4 is 22.7 Å². The molecule has 1 saturated carbocycles. The first-order valence-corrected chi connectivity index (χ1v) is 7.81. The largest absolute Gasteiger partial charge is 0.364 e. The predicted octanol–water partition coefficient (Wildman–Crippen LogP) is 2.00. The molecule has 2 aliphatic rings. The van der Waals surface area contributed by atoms with E-state index >= 15 is 0 Å². The summed E-state index contributed by atoms with van der Waals surface area (Å²) in [7, 11) is 0. The van der Waals surface area contributed by atoms with Gasteiger partial charge in [-0.3, -0.25) is 0 Å². The lowest BCUT2D eigenvalue weighted by Crippen LogP contribution is -2.49. The molecule has 2 heterocycles. The summed E-state index contributed by atoms with van der Waals surface area (Å²) in [6.07, 6.45) is 2.48. The number of hydrogen-bond acceptors (Lipinski definition) is 5. The molecule has 0 unspecified atom stereocenters. The number of nitrogens with one attached hydrogen (secondary N) is 2. The first-order valence-electron chi connectivity index (χ1n) is 7.81. The molecule has 2 fully saturated rings. The SMILES string of the molecule is C[C@@H]1CN(c2nc3ccccc3nc2NC2CC2)CCN1. The molecule has 5 heteroatoms. The quantitative estimate of drug-likeness (QED) is 0.902. The molecule has 1 aromatic carbocycles. The van der Waals surface area contributed by atoms with Gasteiger partial charge in [-0.2, -0.15) is 0 Å². The normalized spacial score (nSPS) is 22.5. The van der Waals surface area contributed by atoms with E-state index in [-0.39, 0.29) is 0 Å². The summed E-state index contributed by atoms with van der Waals surface area (Å²) < 4.78 is 0. The van der Waals surface area contributed by atoms with Gasteiger partial charge in [-0.25, -0.2) is 9.97 Å². The minimum atomic E-state index is 0.487. The molecule has 0 amide bonds. The van der Waals surface area contributed by atoms with E-state index in [1.807, 2.05) is 24.3 Å². The van der Waals surface area contributed by atoms with E-state index in [9.17, 15) is 0 Å². The molecule has 4 rings (SSSR count). The van der Waals surface area contributed by atoms with Crippen LogP contribution in [0.3, 0.4) is 0 Å². The van der Waals surface area contributed by atoms with Gasteiger partial charge in [0.05, 0.1) is 11.0 Å². The highest BCUT2D eigenvalue weighted by molar-refractivity contribution is 5.80. The Morgan fingerprint density at radius 3 is 2.67 bits per heavy atom. The van der Waals surface area contributed by atoms with Crippen molar-refractivity contribution in [1.29, 1.82) is 0 Å². The van der Waals surface area contributed by atoms with Crippen LogP contribution in [0, 0.1) is 0 Å². The van der Waals surface area contributed by atoms with Gasteiger partial charge in [0.2, 0.25) is 0 Å². The van der Waals surface area contributed by atoms with Gasteiger partial charge in [0, 0.05) is 31.7 Å². The fourth-order valence-electron chi connectivity index (χ4n) is 2.85. The third kappa shape index (κ3) is 2.65. The fourth-order valence-corrected chi connectivity index (χ4v) is 2.85. The van der Waals surface area contributed by atoms with Crippen LogP contribution < -0.4 is 15.5 Å². The summed E-state index contributed by atoms with van der Waals surface area (Å²) in [6.45, 7) is 5.18. The van der Waals surface area contributed by atoms with Crippen LogP contribution in [0.4, 0.5) is 11.6 Å². The number of para-hydroxylation sites is 2. The van der Waals surface area contributed by atoms with E-state index < -0.39 is 0 Å². The number of fused-ring (bicyclic) bond motifs is 1. The first-order chi connectivity index (χ1) is 10.3. The van der Waals surface area contributed by atoms with Crippen LogP contribution in [0.1, 0.15) is 19.8 Å². The Bertz CT molecular complexity index is 652. The van der Waals surface area contributed by atoms with Gasteiger partial charge in [0.1, 0.15) is 0 Å². The summed E-state index contributed by atoms with van der Waals surface area (Å²) >= 11 is 0. The molecular weight excluding hydrogens is 262 g/mol. The van der Waals surface area contributed by atoms with Gasteiger partial charge in [0.15, 0.2) is 11.6 Å². The number of nitrogens with zero attached hydrogens (tertiary/aromatic N) is 3. The Morgan fingerprint density at radius 1 is 1.19 bits per heavy atom. The van der Waals surface area contributed by atoms with Crippen LogP contribution in [-0.2, 0) is 0 Å². The molecule has 1 saturated heterocycles. The van der Waals surface area contributed by atoms with Crippen molar-refractivity contribution in [2.45, 2.75) is 31.8 Å². The van der Waals surface area contributed by atoms with Crippen LogP contribution in [0.5, 0.6) is 0 Å². The Labute approximate surface area is 124 Å². The summed E-state index contributed by atoms with van der Waals surface area (Å²) in [5.74, 6) is 1.96. The van der Waals surface area contributed by atoms with Gasteiger partial charge in [-0.1, -0.05) is 12.1 Å². The molecule has 2 N–H and O–H groups in total. The summed E-state index contributed by atoms with van der Waals surface area (Å²) in [5.41, 5.74) is 1.94. The topological polar surface area (TPSA) is 53.1 Å². The van der Waals surface area contributed by atoms with E-state index in [1.54, 1.807) is 0 Å². The highest BCUT2D eigenvalue weighted by atomic mass is 15.3. The lowest BCUT2D eigenvalue weighted by molar-refractivity contribution is 0.482. The summed E-state index contributed by atoms with van der Waals surface area (Å²) in [5, 5.41) is 7.03. The third-order valence-corrected chi connectivity index (χ3v) is 4.14. The van der Waals surface area contributed by atoms with Gasteiger partial charge >= 0.3 is 0 Å². The predicted molar refractivity (Wildman–Crippen MR) is 85.9 cm³/mol. The maximum atomic E-state index is 4.89. The molecule has 1 aliphatic carbocycles. The van der Waals surface area contributed by atoms with E-state index in [2.05, 4.69) is 22.5 Å². The average molecular weight is 283 g/mol. The molecule has 0 spiro atoms. The zero-order valence-corrected chi connectivity index (χ0v) is 12.3. The van der Waals surface area contributed by atoms with Crippen molar-refractivity contribution in [1.82, 2.24) is 15.3 Å². The second kappa shape index (κ2) is 5.15. The average Bonchev–Trinajstić information content (AvgIpc) is 3.30. The van der Waals surface area contributed by atoms with Crippen molar-refractivity contribution < 1.29 is 0 Å². The number of piperazine rings is 1. The molecule has 110 valence electrons. The van der Waals surface area contributed by atoms with Crippen molar-refractivity contribution in [3.8, 4) is 0 Å². The first kappa shape index (κ1) is 12.8. The molecular formula is C16H21N5. The standard InChI is InChI=1S/C16H21N5/c1-11-10-21(9-8-17-11)16-15(18-12-6-7-12)19-13-4-2-3-5-14(13)20-16/h2-5,11-12,17H,6-10H2,1H3,(H,18,19)/t11-/m1/s1. The van der Waals surface area contributed by atoms with Crippen LogP contribution in [0.2, 0.25) is 0 Å². The number of benzene rings is 1. The zero-order valence-electron chi connectivity index (χ0n) is 12.3. The van der Waals surface area contributed by atoms with Gasteiger partial charge in [0.25, 0.3) is 0 Å². The van der Waals surface area contributed by atoms with Gasteiger partial charge in [-0.05, 0) is 31.9 Å². The smallest absolute Gasteiger partial charge is 0.172 e. The highest BCUT2D eigenvalue weighted by Gasteiger charge is 2.26. The number of rotatable bonds is 3. The molecule has 2 aromatic rings. The van der Waals surface area contributed by atoms with Crippen molar-refractivity contribution in [3.63, 3.8) is 0 Å². The summed E-state index contributed by atoms with van der Waals surface area (Å²) in [6, 6.07) is 9.18. The lowest BCUT2D eigenvalue weighted by atomic mass is 10.2. The monoisotopic (exact) mass is 283 g/mol. The lowest BCUT2D eigenvalue weighted by Gasteiger charge is -2.33. The third-order valence-electron chi connectivity index (χ3n) is 4.14. The molecule has 21 heavy (non-hydrogen) atoms. The molecule has 5 nitrogen and oxygen atoms in total. The molecule has 0 radical (unpaired) electrons. The van der Waals surface area contributed by atoms with Crippen LogP contribution in [-0.4, -0.2) is 41.7 Å². The van der Waals surface area contributed by atoms with E-state index in [4.69, 9.17) is 9.97 Å². The minimum Gasteiger partial charge on any atom is -0.364 e. The number of anilines is 2. The zero-order chi connectivity index (χ0) is 14.2. The Hall–Kier alpha value is -1.88. The molecule has 1 aromatic heterocycles. The van der Waals surface area contributed by atoms with Crippen molar-refractivity contribution in [2.24, 2.45) is 0 Å². The number of aromatic nitrogens is 2. The molecule has 0 bridgehead atoms. The van der Waals surface area contributed by atoms with Gasteiger partial charge < -0.3 is 15.5 Å². The van der Waals surface area contributed by atoms with Crippen LogP contribution in [0.15, 0.2) is 24.3 Å². The van der Waals surface area contributed by atoms with Crippen molar-refractivity contribution in [3.05, 3.63) is 24.3 Å². The van der Waals surface area contributed by atoms with E-state index in [0.717, 1.165) is 42.3 Å². The maximum Gasteiger partial charge on any atom is 0.172 e. The second-order valence-corrected chi connectivity index (χ2v) is 6.10. The maximum absolute atomic E-state index is 4.89. The van der Waals surface area contributed by atoms with E-state index in [1.165, 1.54) is 12.8 Å². The highest BCUT2D eigenvalue weighted by Crippen LogP contribution is 2.31. The Balaban J connectivity index is 1.76. The number of hydrogen-bond donors (Lipinski definition) is 2. The van der Waals surface area contributed by atoms with Gasteiger partial charge in [-0.15, -0.1) is 0 Å². The van der Waals surface area contributed by atoms with E-state index in [0.29, 0.717) is 12.1 Å². The Morgan fingerprint density at radius 2 is 1.95 bits per heavy atom. The molecule has 1 atom stereocenters. The van der Waals surface area contributed by atoms with Crippen LogP contribution in [0.25, 0.3) is 11.0 Å². The Kier molecular flexibility index (Phi) is 3.15. The summed E-state index contributed by atoms with van der Waals surface area (Å²) in [4.78, 5) is 12.1. The fraction of sp³-hybridized carbons (Fsp3) is 0.500.